The molecule has 0 amide bonds. The average molecular weight is 765 g/mol. The minimum absolute atomic E-state index is 0.865. The maximum Gasteiger partial charge on any atom is 0.136 e. The molecule has 0 saturated heterocycles. The summed E-state index contributed by atoms with van der Waals surface area (Å²) in [4.78, 5) is 0. The van der Waals surface area contributed by atoms with E-state index < -0.39 is 0 Å². The molecule has 0 radical (unpaired) electrons. The minimum Gasteiger partial charge on any atom is -0.456 e. The van der Waals surface area contributed by atoms with Crippen LogP contribution in [0.2, 0.25) is 0 Å². The van der Waals surface area contributed by atoms with Crippen LogP contribution in [0.3, 0.4) is 0 Å². The second-order valence-electron chi connectivity index (χ2n) is 15.6. The summed E-state index contributed by atoms with van der Waals surface area (Å²) < 4.78 is 13.1. The first-order valence-electron chi connectivity index (χ1n) is 20.5. The summed E-state index contributed by atoms with van der Waals surface area (Å²) in [5.74, 6) is 0. The van der Waals surface area contributed by atoms with Gasteiger partial charge in [0.2, 0.25) is 0 Å². The Morgan fingerprint density at radius 2 is 0.650 bits per heavy atom. The molecule has 0 spiro atoms. The molecule has 12 rings (SSSR count). The van der Waals surface area contributed by atoms with Gasteiger partial charge in [0.05, 0.1) is 0 Å². The molecule has 0 atom stereocenters. The zero-order valence-electron chi connectivity index (χ0n) is 32.6. The van der Waals surface area contributed by atoms with Crippen molar-refractivity contribution in [1.29, 1.82) is 0 Å². The van der Waals surface area contributed by atoms with Crippen molar-refractivity contribution < 1.29 is 8.83 Å². The van der Waals surface area contributed by atoms with Crippen LogP contribution >= 0.6 is 0 Å². The minimum atomic E-state index is 0.865. The Morgan fingerprint density at radius 1 is 0.217 bits per heavy atom. The topological polar surface area (TPSA) is 26.3 Å². The Hall–Kier alpha value is -7.94. The second-order valence-corrected chi connectivity index (χ2v) is 15.6. The number of hydrogen-bond donors (Lipinski definition) is 0. The van der Waals surface area contributed by atoms with Crippen molar-refractivity contribution in [2.45, 2.75) is 0 Å². The lowest BCUT2D eigenvalue weighted by Crippen LogP contribution is -1.89. The Balaban J connectivity index is 1.07. The molecule has 2 aromatic heterocycles. The zero-order valence-corrected chi connectivity index (χ0v) is 32.6. The van der Waals surface area contributed by atoms with E-state index in [-0.39, 0.29) is 0 Å². The Labute approximate surface area is 347 Å². The zero-order chi connectivity index (χ0) is 39.6. The van der Waals surface area contributed by atoms with Gasteiger partial charge in [-0.3, -0.25) is 0 Å². The lowest BCUT2D eigenvalue weighted by atomic mass is 9.89. The summed E-state index contributed by atoms with van der Waals surface area (Å²) in [5.41, 5.74) is 17.4. The van der Waals surface area contributed by atoms with Gasteiger partial charge in [-0.25, -0.2) is 0 Å². The Kier molecular flexibility index (Phi) is 7.89. The standard InChI is InChI=1S/C58H36O2/c1-2-12-37(13-3-1)42-16-8-17-44(33-42)48-19-9-24-54-57(48)58-50(21-11-25-55(58)60-54)47-35-45(40-28-26-39(27-29-40)43-31-30-38-14-4-5-15-41(38)32-43)34-46(36-47)49-20-10-23-53-56(49)51-18-6-7-22-52(51)59-53/h1-36H. The SMILES string of the molecule is c1ccc(-c2cccc(-c3cccc4oc5cccc(-c6cc(-c7ccc(-c8ccc9ccccc9c8)cc7)cc(-c7cccc8oc9ccccc9c78)c6)c5c34)c2)cc1. The first-order valence-corrected chi connectivity index (χ1v) is 20.5. The molecule has 0 aliphatic rings. The highest BCUT2D eigenvalue weighted by atomic mass is 16.3. The van der Waals surface area contributed by atoms with Crippen LogP contribution in [0.1, 0.15) is 0 Å². The van der Waals surface area contributed by atoms with Crippen molar-refractivity contribution >= 4 is 54.6 Å². The second kappa shape index (κ2) is 13.9. The first kappa shape index (κ1) is 34.1. The summed E-state index contributed by atoms with van der Waals surface area (Å²) in [5, 5.41) is 6.94. The van der Waals surface area contributed by atoms with Crippen molar-refractivity contribution in [3.8, 4) is 66.8 Å². The van der Waals surface area contributed by atoms with Gasteiger partial charge in [0, 0.05) is 21.5 Å². The van der Waals surface area contributed by atoms with Crippen LogP contribution < -0.4 is 0 Å². The molecular weight excluding hydrogens is 729 g/mol. The van der Waals surface area contributed by atoms with Crippen molar-refractivity contribution in [3.05, 3.63) is 218 Å². The number of hydrogen-bond acceptors (Lipinski definition) is 2. The highest BCUT2D eigenvalue weighted by molar-refractivity contribution is 6.19. The highest BCUT2D eigenvalue weighted by Crippen LogP contribution is 2.45. The van der Waals surface area contributed by atoms with Gasteiger partial charge in [-0.15, -0.1) is 0 Å². The van der Waals surface area contributed by atoms with Gasteiger partial charge in [0.15, 0.2) is 0 Å². The van der Waals surface area contributed by atoms with Crippen LogP contribution in [0.5, 0.6) is 0 Å². The molecule has 60 heavy (non-hydrogen) atoms. The third-order valence-electron chi connectivity index (χ3n) is 12.1. The fourth-order valence-electron chi connectivity index (χ4n) is 9.19. The third kappa shape index (κ3) is 5.73. The fourth-order valence-corrected chi connectivity index (χ4v) is 9.19. The molecule has 2 heterocycles. The normalized spacial score (nSPS) is 11.7. The van der Waals surface area contributed by atoms with Crippen LogP contribution in [-0.4, -0.2) is 0 Å². The monoisotopic (exact) mass is 764 g/mol. The lowest BCUT2D eigenvalue weighted by Gasteiger charge is -2.14. The third-order valence-corrected chi connectivity index (χ3v) is 12.1. The molecule has 0 saturated carbocycles. The highest BCUT2D eigenvalue weighted by Gasteiger charge is 2.20. The molecule has 2 heteroatoms. The van der Waals surface area contributed by atoms with Gasteiger partial charge >= 0.3 is 0 Å². The molecule has 2 nitrogen and oxygen atoms in total. The van der Waals surface area contributed by atoms with Crippen molar-refractivity contribution in [2.75, 3.05) is 0 Å². The molecule has 0 fully saturated rings. The van der Waals surface area contributed by atoms with Gasteiger partial charge < -0.3 is 8.83 Å². The van der Waals surface area contributed by atoms with E-state index in [1.54, 1.807) is 0 Å². The first-order chi connectivity index (χ1) is 29.7. The molecule has 0 N–H and O–H groups in total. The largest absolute Gasteiger partial charge is 0.456 e. The average Bonchev–Trinajstić information content (AvgIpc) is 3.91. The van der Waals surface area contributed by atoms with Gasteiger partial charge in [-0.05, 0) is 132 Å². The number of fused-ring (bicyclic) bond motifs is 7. The Bertz CT molecular complexity index is 3590. The van der Waals surface area contributed by atoms with Gasteiger partial charge in [0.1, 0.15) is 22.3 Å². The molecule has 10 aromatic carbocycles. The maximum absolute atomic E-state index is 6.69. The predicted molar refractivity (Wildman–Crippen MR) is 251 cm³/mol. The summed E-state index contributed by atoms with van der Waals surface area (Å²) in [7, 11) is 0. The Morgan fingerprint density at radius 3 is 1.38 bits per heavy atom. The summed E-state index contributed by atoms with van der Waals surface area (Å²) >= 11 is 0. The van der Waals surface area contributed by atoms with E-state index in [0.717, 1.165) is 88.4 Å². The molecule has 0 bridgehead atoms. The summed E-state index contributed by atoms with van der Waals surface area (Å²) in [6, 6.07) is 78.3. The fraction of sp³-hybridized carbons (Fsp3) is 0. The molecule has 280 valence electrons. The van der Waals surface area contributed by atoms with E-state index in [0.29, 0.717) is 0 Å². The smallest absolute Gasteiger partial charge is 0.136 e. The van der Waals surface area contributed by atoms with Crippen molar-refractivity contribution in [3.63, 3.8) is 0 Å². The molecule has 0 aliphatic carbocycles. The van der Waals surface area contributed by atoms with Crippen LogP contribution in [-0.2, 0) is 0 Å². The number of rotatable bonds is 6. The van der Waals surface area contributed by atoms with Crippen molar-refractivity contribution in [1.82, 2.24) is 0 Å². The van der Waals surface area contributed by atoms with Crippen LogP contribution in [0.4, 0.5) is 0 Å². The van der Waals surface area contributed by atoms with Gasteiger partial charge in [0.25, 0.3) is 0 Å². The number of para-hydroxylation sites is 1. The summed E-state index contributed by atoms with van der Waals surface area (Å²) in [6.45, 7) is 0. The van der Waals surface area contributed by atoms with Crippen LogP contribution in [0.25, 0.3) is 121 Å². The van der Waals surface area contributed by atoms with E-state index in [4.69, 9.17) is 8.83 Å². The molecule has 0 unspecified atom stereocenters. The van der Waals surface area contributed by atoms with E-state index in [2.05, 4.69) is 212 Å². The quantitative estimate of drug-likeness (QED) is 0.169. The van der Waals surface area contributed by atoms with E-state index >= 15 is 0 Å². The lowest BCUT2D eigenvalue weighted by molar-refractivity contribution is 0.668. The molecular formula is C58H36O2. The van der Waals surface area contributed by atoms with Crippen LogP contribution in [0, 0.1) is 0 Å². The van der Waals surface area contributed by atoms with Gasteiger partial charge in [-0.1, -0.05) is 164 Å². The number of benzene rings is 10. The predicted octanol–water partition coefficient (Wildman–Crippen LogP) is 16.6. The summed E-state index contributed by atoms with van der Waals surface area (Å²) in [6.07, 6.45) is 0. The molecule has 0 aliphatic heterocycles. The number of furan rings is 2. The van der Waals surface area contributed by atoms with Crippen LogP contribution in [0.15, 0.2) is 227 Å². The van der Waals surface area contributed by atoms with Gasteiger partial charge in [-0.2, -0.15) is 0 Å². The van der Waals surface area contributed by atoms with E-state index in [9.17, 15) is 0 Å². The maximum atomic E-state index is 6.69. The van der Waals surface area contributed by atoms with E-state index in [1.165, 1.54) is 33.0 Å². The van der Waals surface area contributed by atoms with E-state index in [1.807, 2.05) is 6.07 Å². The van der Waals surface area contributed by atoms with Crippen molar-refractivity contribution in [2.24, 2.45) is 0 Å². The molecule has 12 aromatic rings.